The first-order chi connectivity index (χ1) is 8.27. The Kier molecular flexibility index (Phi) is 4.45. The Morgan fingerprint density at radius 3 is 2.56 bits per heavy atom. The van der Waals surface area contributed by atoms with Gasteiger partial charge in [-0.1, -0.05) is 26.0 Å². The molecule has 0 aromatic carbocycles. The summed E-state index contributed by atoms with van der Waals surface area (Å²) in [5.41, 5.74) is 0.604. The molecule has 0 bridgehead atoms. The summed E-state index contributed by atoms with van der Waals surface area (Å²) in [5, 5.41) is 17.3. The van der Waals surface area contributed by atoms with Gasteiger partial charge < -0.3 is 9.84 Å². The van der Waals surface area contributed by atoms with Gasteiger partial charge in [-0.15, -0.1) is 5.10 Å². The molecule has 0 aliphatic rings. The number of carbonyl (C=O) groups excluding carboxylic acids is 1. The lowest BCUT2D eigenvalue weighted by atomic mass is 9.90. The van der Waals surface area contributed by atoms with Crippen LogP contribution in [0.1, 0.15) is 50.8 Å². The van der Waals surface area contributed by atoms with Gasteiger partial charge in [-0.25, -0.2) is 9.48 Å². The van der Waals surface area contributed by atoms with E-state index in [2.05, 4.69) is 10.3 Å². The third-order valence-electron chi connectivity index (χ3n) is 2.35. The maximum Gasteiger partial charge on any atom is 0.360 e. The van der Waals surface area contributed by atoms with Crippen LogP contribution in [-0.4, -0.2) is 38.8 Å². The van der Waals surface area contributed by atoms with Crippen molar-refractivity contribution in [2.24, 2.45) is 0 Å². The van der Waals surface area contributed by atoms with Gasteiger partial charge in [0.1, 0.15) is 0 Å². The third kappa shape index (κ3) is 3.29. The molecule has 1 unspecified atom stereocenters. The van der Waals surface area contributed by atoms with E-state index in [1.807, 2.05) is 20.8 Å². The summed E-state index contributed by atoms with van der Waals surface area (Å²) in [4.78, 5) is 11.8. The average Bonchev–Trinajstić information content (AvgIpc) is 2.60. The molecule has 0 aliphatic carbocycles. The standard InChI is InChI=1S/C12H21N3O3/c1-6-18-11(17)9-10(12(3,4)5)15(14-13-9)7-8(2)16/h8,16H,6-7H2,1-5H3. The number of esters is 1. The monoisotopic (exact) mass is 255 g/mol. The summed E-state index contributed by atoms with van der Waals surface area (Å²) in [5.74, 6) is -0.473. The molecule has 1 rings (SSSR count). The van der Waals surface area contributed by atoms with Crippen LogP contribution in [0, 0.1) is 0 Å². The van der Waals surface area contributed by atoms with Gasteiger partial charge in [0, 0.05) is 5.41 Å². The molecule has 0 aliphatic heterocycles. The number of hydrogen-bond acceptors (Lipinski definition) is 5. The quantitative estimate of drug-likeness (QED) is 0.816. The summed E-state index contributed by atoms with van der Waals surface area (Å²) in [7, 11) is 0. The molecule has 0 spiro atoms. The van der Waals surface area contributed by atoms with Crippen molar-refractivity contribution in [2.75, 3.05) is 6.61 Å². The number of nitrogens with zero attached hydrogens (tertiary/aromatic N) is 3. The van der Waals surface area contributed by atoms with Crippen molar-refractivity contribution in [2.45, 2.75) is 52.7 Å². The molecule has 18 heavy (non-hydrogen) atoms. The zero-order valence-corrected chi connectivity index (χ0v) is 11.6. The van der Waals surface area contributed by atoms with E-state index in [0.717, 1.165) is 0 Å². The molecule has 6 nitrogen and oxygen atoms in total. The topological polar surface area (TPSA) is 77.2 Å². The lowest BCUT2D eigenvalue weighted by molar-refractivity contribution is 0.0516. The van der Waals surface area contributed by atoms with Crippen LogP contribution in [0.4, 0.5) is 0 Å². The zero-order valence-electron chi connectivity index (χ0n) is 11.6. The Balaban J connectivity index is 3.20. The third-order valence-corrected chi connectivity index (χ3v) is 2.35. The highest BCUT2D eigenvalue weighted by Gasteiger charge is 2.30. The first-order valence-electron chi connectivity index (χ1n) is 6.06. The summed E-state index contributed by atoms with van der Waals surface area (Å²) < 4.78 is 6.53. The number of ether oxygens (including phenoxy) is 1. The first-order valence-corrected chi connectivity index (χ1v) is 6.06. The van der Waals surface area contributed by atoms with Gasteiger partial charge in [-0.3, -0.25) is 0 Å². The molecule has 0 amide bonds. The minimum absolute atomic E-state index is 0.227. The Hall–Kier alpha value is -1.43. The van der Waals surface area contributed by atoms with E-state index in [-0.39, 0.29) is 11.1 Å². The molecule has 1 N–H and O–H groups in total. The summed E-state index contributed by atoms with van der Waals surface area (Å²) >= 11 is 0. The Labute approximate surface area is 107 Å². The van der Waals surface area contributed by atoms with Gasteiger partial charge in [-0.05, 0) is 13.8 Å². The lowest BCUT2D eigenvalue weighted by Crippen LogP contribution is -2.25. The predicted molar refractivity (Wildman–Crippen MR) is 66.4 cm³/mol. The van der Waals surface area contributed by atoms with Gasteiger partial charge in [-0.2, -0.15) is 0 Å². The van der Waals surface area contributed by atoms with Crippen molar-refractivity contribution < 1.29 is 14.6 Å². The molecule has 1 aromatic rings. The number of aromatic nitrogens is 3. The molecule has 6 heteroatoms. The van der Waals surface area contributed by atoms with Crippen LogP contribution in [-0.2, 0) is 16.7 Å². The minimum atomic E-state index is -0.553. The smallest absolute Gasteiger partial charge is 0.360 e. The molecule has 0 saturated heterocycles. The highest BCUT2D eigenvalue weighted by molar-refractivity contribution is 5.88. The van der Waals surface area contributed by atoms with Crippen molar-refractivity contribution >= 4 is 5.97 Å². The molecular formula is C12H21N3O3. The second-order valence-corrected chi connectivity index (χ2v) is 5.29. The van der Waals surface area contributed by atoms with E-state index in [4.69, 9.17) is 4.74 Å². The van der Waals surface area contributed by atoms with Crippen LogP contribution in [0.25, 0.3) is 0 Å². The normalized spacial score (nSPS) is 13.4. The Morgan fingerprint density at radius 1 is 1.50 bits per heavy atom. The maximum absolute atomic E-state index is 11.8. The Morgan fingerprint density at radius 2 is 2.11 bits per heavy atom. The van der Waals surface area contributed by atoms with Gasteiger partial charge in [0.15, 0.2) is 5.69 Å². The predicted octanol–water partition coefficient (Wildman–Crippen LogP) is 1.13. The number of aliphatic hydroxyl groups is 1. The van der Waals surface area contributed by atoms with Gasteiger partial charge >= 0.3 is 5.97 Å². The second-order valence-electron chi connectivity index (χ2n) is 5.29. The van der Waals surface area contributed by atoms with Crippen molar-refractivity contribution in [1.29, 1.82) is 0 Å². The van der Waals surface area contributed by atoms with Crippen LogP contribution in [0.2, 0.25) is 0 Å². The van der Waals surface area contributed by atoms with E-state index in [1.54, 1.807) is 18.5 Å². The summed E-state index contributed by atoms with van der Waals surface area (Å²) in [6.45, 7) is 9.91. The van der Waals surface area contributed by atoms with Gasteiger partial charge in [0.05, 0.1) is 24.9 Å². The van der Waals surface area contributed by atoms with Crippen LogP contribution < -0.4 is 0 Å². The number of carbonyl (C=O) groups is 1. The SMILES string of the molecule is CCOC(=O)c1nnn(CC(C)O)c1C(C)(C)C. The zero-order chi connectivity index (χ0) is 13.9. The fraction of sp³-hybridized carbons (Fsp3) is 0.750. The molecule has 0 fully saturated rings. The van der Waals surface area contributed by atoms with Crippen LogP contribution in [0.5, 0.6) is 0 Å². The molecule has 1 aromatic heterocycles. The van der Waals surface area contributed by atoms with Gasteiger partial charge in [0.25, 0.3) is 0 Å². The molecule has 102 valence electrons. The molecule has 1 atom stereocenters. The lowest BCUT2D eigenvalue weighted by Gasteiger charge is -2.21. The second kappa shape index (κ2) is 5.48. The fourth-order valence-electron chi connectivity index (χ4n) is 1.77. The number of rotatable bonds is 4. The molecule has 1 heterocycles. The van der Waals surface area contributed by atoms with Crippen LogP contribution in [0.15, 0.2) is 0 Å². The minimum Gasteiger partial charge on any atom is -0.461 e. The van der Waals surface area contributed by atoms with E-state index in [9.17, 15) is 9.90 Å². The van der Waals surface area contributed by atoms with E-state index in [0.29, 0.717) is 18.8 Å². The molecule has 0 radical (unpaired) electrons. The maximum atomic E-state index is 11.8. The van der Waals surface area contributed by atoms with Crippen molar-refractivity contribution in [3.8, 4) is 0 Å². The first kappa shape index (κ1) is 14.6. The van der Waals surface area contributed by atoms with Crippen LogP contribution >= 0.6 is 0 Å². The molecule has 0 saturated carbocycles. The summed E-state index contributed by atoms with van der Waals surface area (Å²) in [6.07, 6.45) is -0.553. The van der Waals surface area contributed by atoms with Crippen molar-refractivity contribution in [3.63, 3.8) is 0 Å². The highest BCUT2D eigenvalue weighted by atomic mass is 16.5. The van der Waals surface area contributed by atoms with Gasteiger partial charge in [0.2, 0.25) is 0 Å². The number of aliphatic hydroxyl groups excluding tert-OH is 1. The number of hydrogen-bond donors (Lipinski definition) is 1. The highest BCUT2D eigenvalue weighted by Crippen LogP contribution is 2.25. The van der Waals surface area contributed by atoms with Crippen LogP contribution in [0.3, 0.4) is 0 Å². The molecular weight excluding hydrogens is 234 g/mol. The largest absolute Gasteiger partial charge is 0.461 e. The van der Waals surface area contributed by atoms with E-state index >= 15 is 0 Å². The van der Waals surface area contributed by atoms with Crippen molar-refractivity contribution in [1.82, 2.24) is 15.0 Å². The van der Waals surface area contributed by atoms with E-state index in [1.165, 1.54) is 0 Å². The average molecular weight is 255 g/mol. The fourth-order valence-corrected chi connectivity index (χ4v) is 1.77. The van der Waals surface area contributed by atoms with E-state index < -0.39 is 12.1 Å². The Bertz CT molecular complexity index is 419. The summed E-state index contributed by atoms with van der Waals surface area (Å²) in [6, 6.07) is 0. The van der Waals surface area contributed by atoms with Crippen molar-refractivity contribution in [3.05, 3.63) is 11.4 Å².